The number of rotatable bonds is 4. The minimum absolute atomic E-state index is 0.346. The summed E-state index contributed by atoms with van der Waals surface area (Å²) in [6.07, 6.45) is 2.30. The van der Waals surface area contributed by atoms with Gasteiger partial charge in [0, 0.05) is 0 Å². The average Bonchev–Trinajstić information content (AvgIpc) is 2.16. The normalized spacial score (nSPS) is 29.4. The van der Waals surface area contributed by atoms with E-state index in [0.717, 1.165) is 12.8 Å². The van der Waals surface area contributed by atoms with Crippen LogP contribution in [0.5, 0.6) is 0 Å². The zero-order valence-electron chi connectivity index (χ0n) is 9.35. The van der Waals surface area contributed by atoms with Crippen molar-refractivity contribution in [3.63, 3.8) is 0 Å². The summed E-state index contributed by atoms with van der Waals surface area (Å²) in [5, 5.41) is 27.7. The van der Waals surface area contributed by atoms with Crippen LogP contribution in [0.25, 0.3) is 0 Å². The Kier molecular flexibility index (Phi) is 3.91. The number of hydrogen-bond donors (Lipinski definition) is 3. The van der Waals surface area contributed by atoms with Crippen LogP contribution >= 0.6 is 0 Å². The van der Waals surface area contributed by atoms with Crippen molar-refractivity contribution < 1.29 is 24.9 Å². The summed E-state index contributed by atoms with van der Waals surface area (Å²) >= 11 is 0. The van der Waals surface area contributed by atoms with Gasteiger partial charge in [-0.3, -0.25) is 4.79 Å². The first-order valence-electron chi connectivity index (χ1n) is 5.54. The lowest BCUT2D eigenvalue weighted by Crippen LogP contribution is -2.49. The molecule has 1 aliphatic rings. The molecule has 0 aliphatic heterocycles. The Hall–Kier alpha value is -1.10. The molecule has 0 aromatic carbocycles. The van der Waals surface area contributed by atoms with E-state index in [4.69, 9.17) is 10.2 Å². The maximum Gasteiger partial charge on any atom is 0.336 e. The van der Waals surface area contributed by atoms with Crippen molar-refractivity contribution in [1.29, 1.82) is 0 Å². The number of aliphatic hydroxyl groups is 1. The van der Waals surface area contributed by atoms with Crippen molar-refractivity contribution in [3.8, 4) is 0 Å². The van der Waals surface area contributed by atoms with Crippen molar-refractivity contribution in [2.45, 2.75) is 44.6 Å². The molecular weight excluding hydrogens is 212 g/mol. The van der Waals surface area contributed by atoms with Gasteiger partial charge in [-0.25, -0.2) is 4.79 Å². The van der Waals surface area contributed by atoms with Gasteiger partial charge in [-0.1, -0.05) is 19.8 Å². The molecule has 1 rings (SSSR count). The van der Waals surface area contributed by atoms with Crippen LogP contribution < -0.4 is 0 Å². The molecule has 0 heterocycles. The molecule has 16 heavy (non-hydrogen) atoms. The highest BCUT2D eigenvalue weighted by Gasteiger charge is 2.46. The summed E-state index contributed by atoms with van der Waals surface area (Å²) in [6, 6.07) is 0. The molecule has 92 valence electrons. The van der Waals surface area contributed by atoms with Gasteiger partial charge in [0.1, 0.15) is 0 Å². The third-order valence-electron chi connectivity index (χ3n) is 3.40. The highest BCUT2D eigenvalue weighted by atomic mass is 16.4. The standard InChI is InChI=1S/C11H18O5/c1-7-3-2-4-8(5-7)11(16,10(14)15)6-9(12)13/h7-8,16H,2-6H2,1H3,(H,12,13)(H,14,15). The third kappa shape index (κ3) is 2.72. The first-order valence-corrected chi connectivity index (χ1v) is 5.54. The lowest BCUT2D eigenvalue weighted by molar-refractivity contribution is -0.174. The van der Waals surface area contributed by atoms with Crippen LogP contribution in [-0.2, 0) is 9.59 Å². The predicted octanol–water partition coefficient (Wildman–Crippen LogP) is 1.10. The zero-order valence-corrected chi connectivity index (χ0v) is 9.35. The average molecular weight is 230 g/mol. The quantitative estimate of drug-likeness (QED) is 0.672. The Balaban J connectivity index is 2.83. The second-order valence-electron chi connectivity index (χ2n) is 4.77. The van der Waals surface area contributed by atoms with Crippen molar-refractivity contribution in [1.82, 2.24) is 0 Å². The molecule has 5 heteroatoms. The van der Waals surface area contributed by atoms with E-state index in [2.05, 4.69) is 0 Å². The van der Waals surface area contributed by atoms with E-state index in [9.17, 15) is 14.7 Å². The fourth-order valence-corrected chi connectivity index (χ4v) is 2.49. The SMILES string of the molecule is CC1CCCC(C(O)(CC(=O)O)C(=O)O)C1. The summed E-state index contributed by atoms with van der Waals surface area (Å²) in [4.78, 5) is 21.7. The monoisotopic (exact) mass is 230 g/mol. The van der Waals surface area contributed by atoms with Crippen LogP contribution in [0.2, 0.25) is 0 Å². The molecule has 5 nitrogen and oxygen atoms in total. The Bertz CT molecular complexity index is 288. The van der Waals surface area contributed by atoms with Crippen molar-refractivity contribution in [3.05, 3.63) is 0 Å². The summed E-state index contributed by atoms with van der Waals surface area (Å²) in [6.45, 7) is 2.00. The van der Waals surface area contributed by atoms with E-state index >= 15 is 0 Å². The van der Waals surface area contributed by atoms with E-state index in [1.165, 1.54) is 0 Å². The molecule has 0 radical (unpaired) electrons. The molecule has 1 fully saturated rings. The third-order valence-corrected chi connectivity index (χ3v) is 3.40. The van der Waals surface area contributed by atoms with E-state index in [1.54, 1.807) is 0 Å². The van der Waals surface area contributed by atoms with Gasteiger partial charge in [-0.2, -0.15) is 0 Å². The first-order chi connectivity index (χ1) is 7.36. The van der Waals surface area contributed by atoms with Crippen LogP contribution in [0.15, 0.2) is 0 Å². The molecule has 0 aromatic rings. The maximum atomic E-state index is 11.0. The Labute approximate surface area is 94.1 Å². The topological polar surface area (TPSA) is 94.8 Å². The second-order valence-corrected chi connectivity index (χ2v) is 4.77. The molecule has 3 unspecified atom stereocenters. The number of carboxylic acid groups (broad SMARTS) is 2. The minimum atomic E-state index is -2.11. The Morgan fingerprint density at radius 2 is 1.94 bits per heavy atom. The van der Waals surface area contributed by atoms with Crippen molar-refractivity contribution in [2.75, 3.05) is 0 Å². The molecule has 0 bridgehead atoms. The summed E-state index contributed by atoms with van der Waals surface area (Å²) in [7, 11) is 0. The van der Waals surface area contributed by atoms with Gasteiger partial charge < -0.3 is 15.3 Å². The lowest BCUT2D eigenvalue weighted by atomic mass is 9.72. The van der Waals surface area contributed by atoms with Gasteiger partial charge in [0.05, 0.1) is 6.42 Å². The van der Waals surface area contributed by atoms with Gasteiger partial charge in [-0.05, 0) is 24.7 Å². The Morgan fingerprint density at radius 1 is 1.31 bits per heavy atom. The molecule has 0 spiro atoms. The smallest absolute Gasteiger partial charge is 0.336 e. The summed E-state index contributed by atoms with van der Waals surface area (Å²) in [5.41, 5.74) is -2.11. The lowest BCUT2D eigenvalue weighted by Gasteiger charge is -2.36. The molecule has 0 amide bonds. The molecule has 0 saturated heterocycles. The molecular formula is C11H18O5. The van der Waals surface area contributed by atoms with Crippen LogP contribution in [0.3, 0.4) is 0 Å². The number of carbonyl (C=O) groups is 2. The van der Waals surface area contributed by atoms with E-state index in [-0.39, 0.29) is 0 Å². The van der Waals surface area contributed by atoms with E-state index in [1.807, 2.05) is 6.92 Å². The maximum absolute atomic E-state index is 11.0. The van der Waals surface area contributed by atoms with E-state index < -0.39 is 29.9 Å². The van der Waals surface area contributed by atoms with Crippen LogP contribution in [0, 0.1) is 11.8 Å². The predicted molar refractivity (Wildman–Crippen MR) is 56.0 cm³/mol. The highest BCUT2D eigenvalue weighted by Crippen LogP contribution is 2.37. The van der Waals surface area contributed by atoms with E-state index in [0.29, 0.717) is 18.8 Å². The second kappa shape index (κ2) is 4.82. The highest BCUT2D eigenvalue weighted by molar-refractivity contribution is 5.84. The molecule has 1 aliphatic carbocycles. The molecule has 3 N–H and O–H groups in total. The minimum Gasteiger partial charge on any atom is -0.481 e. The summed E-state index contributed by atoms with van der Waals surface area (Å²) < 4.78 is 0. The number of hydrogen-bond acceptors (Lipinski definition) is 3. The Morgan fingerprint density at radius 3 is 2.38 bits per heavy atom. The van der Waals surface area contributed by atoms with Crippen molar-refractivity contribution >= 4 is 11.9 Å². The van der Waals surface area contributed by atoms with Gasteiger partial charge in [0.15, 0.2) is 5.60 Å². The van der Waals surface area contributed by atoms with Crippen molar-refractivity contribution in [2.24, 2.45) is 11.8 Å². The fourth-order valence-electron chi connectivity index (χ4n) is 2.49. The van der Waals surface area contributed by atoms with Gasteiger partial charge in [-0.15, -0.1) is 0 Å². The summed E-state index contributed by atoms with van der Waals surface area (Å²) in [5.74, 6) is -2.81. The number of aliphatic carboxylic acids is 2. The largest absolute Gasteiger partial charge is 0.481 e. The zero-order chi connectivity index (χ0) is 12.3. The first kappa shape index (κ1) is 13.0. The fraction of sp³-hybridized carbons (Fsp3) is 0.818. The molecule has 3 atom stereocenters. The number of carboxylic acids is 2. The van der Waals surface area contributed by atoms with Crippen LogP contribution in [0.1, 0.15) is 39.0 Å². The molecule has 1 saturated carbocycles. The van der Waals surface area contributed by atoms with Crippen LogP contribution in [0.4, 0.5) is 0 Å². The molecule has 0 aromatic heterocycles. The van der Waals surface area contributed by atoms with Gasteiger partial charge >= 0.3 is 11.9 Å². The van der Waals surface area contributed by atoms with Gasteiger partial charge in [0.25, 0.3) is 0 Å². The van der Waals surface area contributed by atoms with Crippen LogP contribution in [-0.4, -0.2) is 32.9 Å². The van der Waals surface area contributed by atoms with Gasteiger partial charge in [0.2, 0.25) is 0 Å².